The summed E-state index contributed by atoms with van der Waals surface area (Å²) in [5, 5.41) is 0.0780. The molecular formula is C11H18ClN3O2. The van der Waals surface area contributed by atoms with Gasteiger partial charge in [-0.2, -0.15) is 9.97 Å². The van der Waals surface area contributed by atoms with Gasteiger partial charge in [0.25, 0.3) is 0 Å². The maximum atomic E-state index is 5.73. The van der Waals surface area contributed by atoms with Gasteiger partial charge in [-0.25, -0.2) is 0 Å². The van der Waals surface area contributed by atoms with E-state index in [1.807, 2.05) is 6.92 Å². The molecule has 0 aliphatic rings. The van der Waals surface area contributed by atoms with E-state index in [9.17, 15) is 0 Å². The van der Waals surface area contributed by atoms with Crippen LogP contribution < -0.4 is 9.47 Å². The average molecular weight is 260 g/mol. The highest BCUT2D eigenvalue weighted by atomic mass is 35.5. The van der Waals surface area contributed by atoms with E-state index < -0.39 is 0 Å². The SMILES string of the molecule is CCOc1nc(Cl)nc(OCCC(C)(C)C)n1. The maximum Gasteiger partial charge on any atom is 0.323 e. The molecule has 1 aromatic heterocycles. The number of hydrogen-bond acceptors (Lipinski definition) is 5. The average Bonchev–Trinajstić information content (AvgIpc) is 2.15. The van der Waals surface area contributed by atoms with Crippen LogP contribution in [0.4, 0.5) is 0 Å². The van der Waals surface area contributed by atoms with Crippen LogP contribution in [0.1, 0.15) is 34.1 Å². The zero-order valence-electron chi connectivity index (χ0n) is 10.7. The highest BCUT2D eigenvalue weighted by Gasteiger charge is 2.12. The Morgan fingerprint density at radius 3 is 2.18 bits per heavy atom. The smallest absolute Gasteiger partial charge is 0.323 e. The minimum absolute atomic E-state index is 0.0780. The topological polar surface area (TPSA) is 57.1 Å². The Bertz CT molecular complexity index is 366. The summed E-state index contributed by atoms with van der Waals surface area (Å²) >= 11 is 5.73. The lowest BCUT2D eigenvalue weighted by atomic mass is 9.93. The zero-order chi connectivity index (χ0) is 12.9. The molecule has 17 heavy (non-hydrogen) atoms. The Labute approximate surface area is 107 Å². The summed E-state index contributed by atoms with van der Waals surface area (Å²) in [6.07, 6.45) is 0.903. The van der Waals surface area contributed by atoms with Gasteiger partial charge >= 0.3 is 12.0 Å². The monoisotopic (exact) mass is 259 g/mol. The van der Waals surface area contributed by atoms with Crippen molar-refractivity contribution >= 4 is 11.6 Å². The minimum Gasteiger partial charge on any atom is -0.464 e. The van der Waals surface area contributed by atoms with Gasteiger partial charge in [0.05, 0.1) is 13.2 Å². The van der Waals surface area contributed by atoms with E-state index in [0.29, 0.717) is 13.2 Å². The van der Waals surface area contributed by atoms with Crippen LogP contribution in [0.15, 0.2) is 0 Å². The third-order valence-corrected chi connectivity index (χ3v) is 2.09. The molecule has 0 aromatic carbocycles. The first-order valence-corrected chi connectivity index (χ1v) is 5.95. The van der Waals surface area contributed by atoms with Gasteiger partial charge in [-0.05, 0) is 30.4 Å². The Kier molecular flexibility index (Phi) is 4.93. The molecule has 0 amide bonds. The minimum atomic E-state index is 0.0780. The van der Waals surface area contributed by atoms with Crippen molar-refractivity contribution in [2.45, 2.75) is 34.1 Å². The normalized spacial score (nSPS) is 11.4. The Hall–Kier alpha value is -1.10. The highest BCUT2D eigenvalue weighted by molar-refractivity contribution is 6.28. The number of rotatable bonds is 5. The summed E-state index contributed by atoms with van der Waals surface area (Å²) in [4.78, 5) is 11.7. The number of ether oxygens (including phenoxy) is 2. The van der Waals surface area contributed by atoms with E-state index in [0.717, 1.165) is 6.42 Å². The molecule has 0 aliphatic heterocycles. The highest BCUT2D eigenvalue weighted by Crippen LogP contribution is 2.19. The Balaban J connectivity index is 2.58. The van der Waals surface area contributed by atoms with Crippen LogP contribution in [0, 0.1) is 5.41 Å². The van der Waals surface area contributed by atoms with Crippen LogP contribution >= 0.6 is 11.6 Å². The summed E-state index contributed by atoms with van der Waals surface area (Å²) in [6.45, 7) is 9.28. The molecule has 1 aromatic rings. The van der Waals surface area contributed by atoms with Crippen molar-refractivity contribution < 1.29 is 9.47 Å². The second-order valence-electron chi connectivity index (χ2n) is 4.76. The van der Waals surface area contributed by atoms with Crippen LogP contribution in [0.3, 0.4) is 0 Å². The number of nitrogens with zero attached hydrogens (tertiary/aromatic N) is 3. The molecule has 96 valence electrons. The molecule has 0 saturated carbocycles. The van der Waals surface area contributed by atoms with Gasteiger partial charge in [-0.3, -0.25) is 0 Å². The summed E-state index contributed by atoms with van der Waals surface area (Å²) in [5.74, 6) is 0. The first kappa shape index (κ1) is 14.0. The molecule has 0 bridgehead atoms. The molecule has 1 rings (SSSR count). The van der Waals surface area contributed by atoms with Gasteiger partial charge in [-0.1, -0.05) is 20.8 Å². The molecule has 0 atom stereocenters. The van der Waals surface area contributed by atoms with E-state index in [2.05, 4.69) is 35.7 Å². The molecule has 0 aliphatic carbocycles. The first-order valence-electron chi connectivity index (χ1n) is 5.58. The molecule has 6 heteroatoms. The predicted molar refractivity (Wildman–Crippen MR) is 65.6 cm³/mol. The fourth-order valence-electron chi connectivity index (χ4n) is 1.02. The van der Waals surface area contributed by atoms with Crippen molar-refractivity contribution in [1.29, 1.82) is 0 Å². The van der Waals surface area contributed by atoms with Crippen molar-refractivity contribution in [3.63, 3.8) is 0 Å². The number of aromatic nitrogens is 3. The van der Waals surface area contributed by atoms with E-state index >= 15 is 0 Å². The van der Waals surface area contributed by atoms with Gasteiger partial charge < -0.3 is 9.47 Å². The Morgan fingerprint density at radius 1 is 1.06 bits per heavy atom. The van der Waals surface area contributed by atoms with Crippen LogP contribution in [0.5, 0.6) is 12.0 Å². The van der Waals surface area contributed by atoms with Gasteiger partial charge in [0.15, 0.2) is 0 Å². The van der Waals surface area contributed by atoms with Crippen molar-refractivity contribution in [3.8, 4) is 12.0 Å². The first-order chi connectivity index (χ1) is 7.90. The third kappa shape index (κ3) is 5.68. The molecule has 0 radical (unpaired) electrons. The number of halogens is 1. The maximum absolute atomic E-state index is 5.73. The largest absolute Gasteiger partial charge is 0.464 e. The molecule has 0 fully saturated rings. The fraction of sp³-hybridized carbons (Fsp3) is 0.727. The van der Waals surface area contributed by atoms with Crippen LogP contribution in [0.25, 0.3) is 0 Å². The van der Waals surface area contributed by atoms with Crippen LogP contribution in [-0.2, 0) is 0 Å². The Morgan fingerprint density at radius 2 is 1.65 bits per heavy atom. The summed E-state index contributed by atoms with van der Waals surface area (Å²) in [5.41, 5.74) is 0.208. The van der Waals surface area contributed by atoms with E-state index in [-0.39, 0.29) is 22.7 Å². The van der Waals surface area contributed by atoms with E-state index in [1.54, 1.807) is 0 Å². The standard InChI is InChI=1S/C11H18ClN3O2/c1-5-16-9-13-8(12)14-10(15-9)17-7-6-11(2,3)4/h5-7H2,1-4H3. The fourth-order valence-corrected chi connectivity index (χ4v) is 1.17. The third-order valence-electron chi connectivity index (χ3n) is 1.92. The molecule has 0 N–H and O–H groups in total. The lowest BCUT2D eigenvalue weighted by Gasteiger charge is -2.17. The lowest BCUT2D eigenvalue weighted by molar-refractivity contribution is 0.222. The molecular weight excluding hydrogens is 242 g/mol. The summed E-state index contributed by atoms with van der Waals surface area (Å²) < 4.78 is 10.6. The van der Waals surface area contributed by atoms with Crippen LogP contribution in [-0.4, -0.2) is 28.2 Å². The predicted octanol–water partition coefficient (Wildman–Crippen LogP) is 2.74. The van der Waals surface area contributed by atoms with Crippen LogP contribution in [0.2, 0.25) is 5.28 Å². The van der Waals surface area contributed by atoms with Gasteiger partial charge in [0, 0.05) is 0 Å². The molecule has 0 unspecified atom stereocenters. The van der Waals surface area contributed by atoms with Crippen molar-refractivity contribution in [1.82, 2.24) is 15.0 Å². The summed E-state index contributed by atoms with van der Waals surface area (Å²) in [7, 11) is 0. The lowest BCUT2D eigenvalue weighted by Crippen LogP contribution is -2.12. The van der Waals surface area contributed by atoms with E-state index in [1.165, 1.54) is 0 Å². The zero-order valence-corrected chi connectivity index (χ0v) is 11.4. The van der Waals surface area contributed by atoms with Crippen molar-refractivity contribution in [2.24, 2.45) is 5.41 Å². The van der Waals surface area contributed by atoms with Gasteiger partial charge in [0.1, 0.15) is 0 Å². The van der Waals surface area contributed by atoms with Gasteiger partial charge in [-0.15, -0.1) is 4.98 Å². The molecule has 0 spiro atoms. The second-order valence-corrected chi connectivity index (χ2v) is 5.10. The van der Waals surface area contributed by atoms with Crippen molar-refractivity contribution in [3.05, 3.63) is 5.28 Å². The number of hydrogen-bond donors (Lipinski definition) is 0. The van der Waals surface area contributed by atoms with Gasteiger partial charge in [0.2, 0.25) is 5.28 Å². The molecule has 1 heterocycles. The van der Waals surface area contributed by atoms with Crippen molar-refractivity contribution in [2.75, 3.05) is 13.2 Å². The molecule has 5 nitrogen and oxygen atoms in total. The molecule has 0 saturated heterocycles. The van der Waals surface area contributed by atoms with E-state index in [4.69, 9.17) is 21.1 Å². The second kappa shape index (κ2) is 6.00. The summed E-state index contributed by atoms with van der Waals surface area (Å²) in [6, 6.07) is 0.399. The quantitative estimate of drug-likeness (QED) is 0.814.